The second-order valence-electron chi connectivity index (χ2n) is 4.95. The smallest absolute Gasteiger partial charge is 0.271 e. The van der Waals surface area contributed by atoms with Gasteiger partial charge in [-0.25, -0.2) is 4.98 Å². The number of aryl methyl sites for hydroxylation is 1. The molecule has 0 fully saturated rings. The topological polar surface area (TPSA) is 107 Å². The van der Waals surface area contributed by atoms with Crippen molar-refractivity contribution in [3.05, 3.63) is 62.8 Å². The summed E-state index contributed by atoms with van der Waals surface area (Å²) >= 11 is 0. The number of anilines is 1. The normalized spacial score (nSPS) is 10.3. The number of rotatable bonds is 6. The standard InChI is InChI=1S/C15H16N4O4/c1-2-4-11-8-15(21)18(10-16-11)9-14(20)17-12-5-3-6-13(7-12)19(22)23/h3,5-8,10H,2,4,9H2,1H3,(H,17,20). The maximum absolute atomic E-state index is 12.0. The van der Waals surface area contributed by atoms with Crippen LogP contribution < -0.4 is 10.9 Å². The van der Waals surface area contributed by atoms with Crippen LogP contribution in [0, 0.1) is 10.1 Å². The molecular formula is C15H16N4O4. The molecule has 0 aliphatic rings. The van der Waals surface area contributed by atoms with Gasteiger partial charge in [-0.05, 0) is 12.5 Å². The molecule has 0 unspecified atom stereocenters. The van der Waals surface area contributed by atoms with Gasteiger partial charge in [-0.3, -0.25) is 24.3 Å². The van der Waals surface area contributed by atoms with Crippen LogP contribution in [-0.2, 0) is 17.8 Å². The summed E-state index contributed by atoms with van der Waals surface area (Å²) in [4.78, 5) is 38.1. The SMILES string of the molecule is CCCc1cc(=O)n(CC(=O)Nc2cccc([N+](=O)[O-])c2)cn1. The first-order chi connectivity index (χ1) is 11.0. The van der Waals surface area contributed by atoms with Crippen LogP contribution in [0.3, 0.4) is 0 Å². The van der Waals surface area contributed by atoms with Crippen molar-refractivity contribution in [2.75, 3.05) is 5.32 Å². The number of hydrogen-bond donors (Lipinski definition) is 1. The van der Waals surface area contributed by atoms with E-state index in [9.17, 15) is 19.7 Å². The van der Waals surface area contributed by atoms with Crippen LogP contribution in [0.15, 0.2) is 41.5 Å². The Morgan fingerprint density at radius 3 is 2.83 bits per heavy atom. The van der Waals surface area contributed by atoms with Gasteiger partial charge in [0.25, 0.3) is 11.2 Å². The van der Waals surface area contributed by atoms with Crippen LogP contribution in [0.1, 0.15) is 19.0 Å². The van der Waals surface area contributed by atoms with Gasteiger partial charge in [0, 0.05) is 29.6 Å². The fourth-order valence-corrected chi connectivity index (χ4v) is 2.03. The molecule has 0 spiro atoms. The van der Waals surface area contributed by atoms with Crippen molar-refractivity contribution in [2.45, 2.75) is 26.3 Å². The van der Waals surface area contributed by atoms with E-state index in [0.29, 0.717) is 17.8 Å². The number of nitro groups is 1. The fourth-order valence-electron chi connectivity index (χ4n) is 2.03. The molecule has 1 aromatic carbocycles. The lowest BCUT2D eigenvalue weighted by Gasteiger charge is -2.07. The Kier molecular flexibility index (Phi) is 5.19. The first kappa shape index (κ1) is 16.3. The van der Waals surface area contributed by atoms with Gasteiger partial charge in [-0.2, -0.15) is 0 Å². The summed E-state index contributed by atoms with van der Waals surface area (Å²) in [6.07, 6.45) is 2.92. The molecule has 120 valence electrons. The van der Waals surface area contributed by atoms with Crippen molar-refractivity contribution in [1.82, 2.24) is 9.55 Å². The first-order valence-electron chi connectivity index (χ1n) is 7.09. The van der Waals surface area contributed by atoms with Crippen molar-refractivity contribution < 1.29 is 9.72 Å². The third-order valence-electron chi connectivity index (χ3n) is 3.10. The molecule has 1 aromatic heterocycles. The molecular weight excluding hydrogens is 300 g/mol. The average molecular weight is 316 g/mol. The van der Waals surface area contributed by atoms with Gasteiger partial charge in [-0.1, -0.05) is 19.4 Å². The number of carbonyl (C=O) groups excluding carboxylic acids is 1. The van der Waals surface area contributed by atoms with E-state index < -0.39 is 10.8 Å². The van der Waals surface area contributed by atoms with Crippen molar-refractivity contribution in [1.29, 1.82) is 0 Å². The third kappa shape index (κ3) is 4.47. The Morgan fingerprint density at radius 2 is 2.17 bits per heavy atom. The van der Waals surface area contributed by atoms with E-state index in [0.717, 1.165) is 6.42 Å². The molecule has 1 heterocycles. The maximum Gasteiger partial charge on any atom is 0.271 e. The summed E-state index contributed by atoms with van der Waals surface area (Å²) in [6.45, 7) is 1.78. The van der Waals surface area contributed by atoms with Crippen LogP contribution in [0.5, 0.6) is 0 Å². The highest BCUT2D eigenvalue weighted by atomic mass is 16.6. The lowest BCUT2D eigenvalue weighted by Crippen LogP contribution is -2.27. The molecule has 2 rings (SSSR count). The zero-order chi connectivity index (χ0) is 16.8. The van der Waals surface area contributed by atoms with E-state index >= 15 is 0 Å². The van der Waals surface area contributed by atoms with E-state index in [2.05, 4.69) is 10.3 Å². The van der Waals surface area contributed by atoms with Gasteiger partial charge in [0.1, 0.15) is 6.54 Å². The number of hydrogen-bond acceptors (Lipinski definition) is 5. The van der Waals surface area contributed by atoms with Crippen LogP contribution in [-0.4, -0.2) is 20.4 Å². The molecule has 8 heteroatoms. The third-order valence-corrected chi connectivity index (χ3v) is 3.10. The van der Waals surface area contributed by atoms with Crippen LogP contribution in [0.25, 0.3) is 0 Å². The molecule has 0 saturated carbocycles. The minimum absolute atomic E-state index is 0.120. The molecule has 0 bridgehead atoms. The zero-order valence-corrected chi connectivity index (χ0v) is 12.6. The second kappa shape index (κ2) is 7.30. The molecule has 1 amide bonds. The summed E-state index contributed by atoms with van der Waals surface area (Å²) in [6, 6.07) is 7.00. The average Bonchev–Trinajstić information content (AvgIpc) is 2.50. The molecule has 2 aromatic rings. The lowest BCUT2D eigenvalue weighted by molar-refractivity contribution is -0.384. The zero-order valence-electron chi connectivity index (χ0n) is 12.6. The van der Waals surface area contributed by atoms with Crippen molar-refractivity contribution in [3.63, 3.8) is 0 Å². The van der Waals surface area contributed by atoms with Gasteiger partial charge < -0.3 is 5.32 Å². The second-order valence-corrected chi connectivity index (χ2v) is 4.95. The predicted octanol–water partition coefficient (Wildman–Crippen LogP) is 1.74. The number of amides is 1. The molecule has 0 atom stereocenters. The summed E-state index contributed by atoms with van der Waals surface area (Å²) in [7, 11) is 0. The Bertz CT molecular complexity index is 785. The number of aromatic nitrogens is 2. The summed E-state index contributed by atoms with van der Waals surface area (Å²) in [5, 5.41) is 13.2. The molecule has 23 heavy (non-hydrogen) atoms. The van der Waals surface area contributed by atoms with E-state index in [1.54, 1.807) is 0 Å². The number of carbonyl (C=O) groups is 1. The van der Waals surface area contributed by atoms with E-state index in [1.807, 2.05) is 6.92 Å². The maximum atomic E-state index is 12.0. The van der Waals surface area contributed by atoms with Crippen LogP contribution in [0.4, 0.5) is 11.4 Å². The van der Waals surface area contributed by atoms with Crippen LogP contribution in [0.2, 0.25) is 0 Å². The summed E-state index contributed by atoms with van der Waals surface area (Å²) < 4.78 is 1.19. The predicted molar refractivity (Wildman–Crippen MR) is 84.2 cm³/mol. The van der Waals surface area contributed by atoms with Crippen molar-refractivity contribution in [2.24, 2.45) is 0 Å². The quantitative estimate of drug-likeness (QED) is 0.645. The number of nitro benzene ring substituents is 1. The Hall–Kier alpha value is -3.03. The van der Waals surface area contributed by atoms with Gasteiger partial charge in [0.15, 0.2) is 0 Å². The molecule has 0 saturated heterocycles. The number of nitrogens with zero attached hydrogens (tertiary/aromatic N) is 3. The minimum atomic E-state index is -0.545. The fraction of sp³-hybridized carbons (Fsp3) is 0.267. The van der Waals surface area contributed by atoms with Gasteiger partial charge in [-0.15, -0.1) is 0 Å². The Labute approximate surface area is 131 Å². The Balaban J connectivity index is 2.06. The summed E-state index contributed by atoms with van der Waals surface area (Å²) in [5.74, 6) is -0.461. The van der Waals surface area contributed by atoms with Crippen molar-refractivity contribution >= 4 is 17.3 Å². The largest absolute Gasteiger partial charge is 0.324 e. The monoisotopic (exact) mass is 316 g/mol. The Morgan fingerprint density at radius 1 is 1.39 bits per heavy atom. The highest BCUT2D eigenvalue weighted by Crippen LogP contribution is 2.16. The van der Waals surface area contributed by atoms with E-state index in [-0.39, 0.29) is 17.8 Å². The molecule has 0 aliphatic carbocycles. The first-order valence-corrected chi connectivity index (χ1v) is 7.09. The van der Waals surface area contributed by atoms with Crippen LogP contribution >= 0.6 is 0 Å². The van der Waals surface area contributed by atoms with E-state index in [1.165, 1.54) is 41.2 Å². The number of benzene rings is 1. The van der Waals surface area contributed by atoms with Gasteiger partial charge in [0.05, 0.1) is 11.3 Å². The number of non-ortho nitro benzene ring substituents is 1. The minimum Gasteiger partial charge on any atom is -0.324 e. The number of nitrogens with one attached hydrogen (secondary N) is 1. The van der Waals surface area contributed by atoms with Gasteiger partial charge in [0.2, 0.25) is 5.91 Å². The molecule has 0 radical (unpaired) electrons. The highest BCUT2D eigenvalue weighted by Gasteiger charge is 2.09. The molecule has 1 N–H and O–H groups in total. The molecule has 8 nitrogen and oxygen atoms in total. The highest BCUT2D eigenvalue weighted by molar-refractivity contribution is 5.90. The van der Waals surface area contributed by atoms with Crippen molar-refractivity contribution in [3.8, 4) is 0 Å². The van der Waals surface area contributed by atoms with E-state index in [4.69, 9.17) is 0 Å². The molecule has 0 aliphatic heterocycles. The lowest BCUT2D eigenvalue weighted by atomic mass is 10.2. The van der Waals surface area contributed by atoms with Gasteiger partial charge >= 0.3 is 0 Å². The summed E-state index contributed by atoms with van der Waals surface area (Å²) in [5.41, 5.74) is 0.559.